The Labute approximate surface area is 134 Å². The quantitative estimate of drug-likeness (QED) is 0.784. The van der Waals surface area contributed by atoms with Gasteiger partial charge in [-0.1, -0.05) is 18.2 Å². The summed E-state index contributed by atoms with van der Waals surface area (Å²) in [5.41, 5.74) is 4.68. The molecule has 0 atom stereocenters. The van der Waals surface area contributed by atoms with Crippen molar-refractivity contribution in [3.63, 3.8) is 0 Å². The fraction of sp³-hybridized carbons (Fsp3) is 0.294. The Morgan fingerprint density at radius 2 is 2.09 bits per heavy atom. The predicted molar refractivity (Wildman–Crippen MR) is 90.3 cm³/mol. The first-order chi connectivity index (χ1) is 10.6. The standard InChI is InChI=1S/C17H19N3OS/c1-12-16(22-11-18-12)8-9-20(2)10-14-7-6-13-4-3-5-15(21)17(13)19-14/h3-7,11,21H,8-10H2,1-2H3. The second kappa shape index (κ2) is 6.42. The number of rotatable bonds is 5. The number of thiazole rings is 1. The van der Waals surface area contributed by atoms with Gasteiger partial charge in [0.15, 0.2) is 0 Å². The van der Waals surface area contributed by atoms with Gasteiger partial charge in [-0.25, -0.2) is 9.97 Å². The van der Waals surface area contributed by atoms with Crippen LogP contribution in [0, 0.1) is 6.92 Å². The maximum absolute atomic E-state index is 9.91. The van der Waals surface area contributed by atoms with Gasteiger partial charge in [0.05, 0.1) is 16.9 Å². The Kier molecular flexibility index (Phi) is 4.36. The van der Waals surface area contributed by atoms with Crippen molar-refractivity contribution >= 4 is 22.2 Å². The lowest BCUT2D eigenvalue weighted by atomic mass is 10.2. The summed E-state index contributed by atoms with van der Waals surface area (Å²) in [5, 5.41) is 10.9. The SMILES string of the molecule is Cc1ncsc1CCN(C)Cc1ccc2cccc(O)c2n1. The maximum Gasteiger partial charge on any atom is 0.141 e. The second-order valence-electron chi connectivity index (χ2n) is 5.50. The second-order valence-corrected chi connectivity index (χ2v) is 6.44. The van der Waals surface area contributed by atoms with E-state index in [-0.39, 0.29) is 5.75 Å². The van der Waals surface area contributed by atoms with Gasteiger partial charge < -0.3 is 10.0 Å². The zero-order chi connectivity index (χ0) is 15.5. The first-order valence-electron chi connectivity index (χ1n) is 7.28. The Morgan fingerprint density at radius 1 is 1.23 bits per heavy atom. The Balaban J connectivity index is 1.67. The van der Waals surface area contributed by atoms with Crippen LogP contribution in [0.25, 0.3) is 10.9 Å². The zero-order valence-electron chi connectivity index (χ0n) is 12.8. The van der Waals surface area contributed by atoms with Crippen LogP contribution in [0.3, 0.4) is 0 Å². The highest BCUT2D eigenvalue weighted by atomic mass is 32.1. The van der Waals surface area contributed by atoms with Crippen molar-refractivity contribution in [2.45, 2.75) is 19.9 Å². The lowest BCUT2D eigenvalue weighted by molar-refractivity contribution is 0.328. The van der Waals surface area contributed by atoms with E-state index in [1.165, 1.54) is 4.88 Å². The lowest BCUT2D eigenvalue weighted by Gasteiger charge is -2.16. The van der Waals surface area contributed by atoms with E-state index in [1.54, 1.807) is 17.4 Å². The first-order valence-corrected chi connectivity index (χ1v) is 8.16. The summed E-state index contributed by atoms with van der Waals surface area (Å²) in [5.74, 6) is 0.238. The number of nitrogens with zero attached hydrogens (tertiary/aromatic N) is 3. The van der Waals surface area contributed by atoms with Gasteiger partial charge in [0, 0.05) is 23.4 Å². The normalized spacial score (nSPS) is 11.4. The van der Waals surface area contributed by atoms with E-state index in [1.807, 2.05) is 29.8 Å². The van der Waals surface area contributed by atoms with Crippen molar-refractivity contribution in [3.8, 4) is 5.75 Å². The van der Waals surface area contributed by atoms with Crippen LogP contribution < -0.4 is 0 Å². The van der Waals surface area contributed by atoms with Gasteiger partial charge in [-0.3, -0.25) is 0 Å². The van der Waals surface area contributed by atoms with Gasteiger partial charge in [-0.2, -0.15) is 0 Å². The molecule has 22 heavy (non-hydrogen) atoms. The van der Waals surface area contributed by atoms with E-state index in [0.29, 0.717) is 5.52 Å². The molecule has 3 aromatic rings. The molecule has 0 fully saturated rings. The van der Waals surface area contributed by atoms with Gasteiger partial charge in [-0.15, -0.1) is 11.3 Å². The minimum Gasteiger partial charge on any atom is -0.506 e. The summed E-state index contributed by atoms with van der Waals surface area (Å²) >= 11 is 1.72. The molecule has 0 saturated heterocycles. The minimum atomic E-state index is 0.238. The van der Waals surface area contributed by atoms with E-state index in [2.05, 4.69) is 28.8 Å². The zero-order valence-corrected chi connectivity index (χ0v) is 13.6. The van der Waals surface area contributed by atoms with Gasteiger partial charge in [0.2, 0.25) is 0 Å². The number of hydrogen-bond acceptors (Lipinski definition) is 5. The molecule has 0 bridgehead atoms. The number of aromatic nitrogens is 2. The van der Waals surface area contributed by atoms with Crippen LogP contribution in [0.4, 0.5) is 0 Å². The summed E-state index contributed by atoms with van der Waals surface area (Å²) in [7, 11) is 2.09. The van der Waals surface area contributed by atoms with E-state index in [4.69, 9.17) is 0 Å². The summed E-state index contributed by atoms with van der Waals surface area (Å²) in [6.07, 6.45) is 1.01. The molecule has 0 aliphatic rings. The molecule has 0 aliphatic carbocycles. The third kappa shape index (κ3) is 3.26. The molecule has 0 radical (unpaired) electrons. The van der Waals surface area contributed by atoms with Crippen molar-refractivity contribution in [1.29, 1.82) is 0 Å². The Bertz CT molecular complexity index is 784. The highest BCUT2D eigenvalue weighted by molar-refractivity contribution is 7.09. The molecule has 114 valence electrons. The molecule has 0 spiro atoms. The summed E-state index contributed by atoms with van der Waals surface area (Å²) in [6, 6.07) is 9.51. The number of likely N-dealkylation sites (N-methyl/N-ethyl adjacent to an activating group) is 1. The number of hydrogen-bond donors (Lipinski definition) is 1. The summed E-state index contributed by atoms with van der Waals surface area (Å²) in [6.45, 7) is 3.78. The molecular weight excluding hydrogens is 294 g/mol. The minimum absolute atomic E-state index is 0.238. The van der Waals surface area contributed by atoms with Crippen LogP contribution in [0.5, 0.6) is 5.75 Å². The van der Waals surface area contributed by atoms with Crippen molar-refractivity contribution in [1.82, 2.24) is 14.9 Å². The van der Waals surface area contributed by atoms with Crippen molar-refractivity contribution in [3.05, 3.63) is 52.1 Å². The smallest absolute Gasteiger partial charge is 0.141 e. The molecule has 1 N–H and O–H groups in total. The number of aryl methyl sites for hydroxylation is 1. The average molecular weight is 313 g/mol. The van der Waals surface area contributed by atoms with Crippen molar-refractivity contribution in [2.75, 3.05) is 13.6 Å². The molecule has 3 rings (SSSR count). The van der Waals surface area contributed by atoms with Crippen molar-refractivity contribution < 1.29 is 5.11 Å². The van der Waals surface area contributed by atoms with Crippen molar-refractivity contribution in [2.24, 2.45) is 0 Å². The maximum atomic E-state index is 9.91. The lowest BCUT2D eigenvalue weighted by Crippen LogP contribution is -2.21. The van der Waals surface area contributed by atoms with E-state index in [9.17, 15) is 5.11 Å². The Morgan fingerprint density at radius 3 is 2.86 bits per heavy atom. The van der Waals surface area contributed by atoms with Crippen LogP contribution in [-0.4, -0.2) is 33.6 Å². The molecule has 1 aromatic carbocycles. The van der Waals surface area contributed by atoms with Crippen LogP contribution >= 0.6 is 11.3 Å². The van der Waals surface area contributed by atoms with Crippen LogP contribution in [-0.2, 0) is 13.0 Å². The van der Waals surface area contributed by atoms with Gasteiger partial charge in [-0.05, 0) is 32.5 Å². The van der Waals surface area contributed by atoms with Crippen LogP contribution in [0.15, 0.2) is 35.8 Å². The number of fused-ring (bicyclic) bond motifs is 1. The van der Waals surface area contributed by atoms with Crippen LogP contribution in [0.2, 0.25) is 0 Å². The van der Waals surface area contributed by atoms with E-state index < -0.39 is 0 Å². The number of para-hydroxylation sites is 1. The van der Waals surface area contributed by atoms with Gasteiger partial charge >= 0.3 is 0 Å². The van der Waals surface area contributed by atoms with E-state index in [0.717, 1.165) is 36.3 Å². The fourth-order valence-corrected chi connectivity index (χ4v) is 3.24. The summed E-state index contributed by atoms with van der Waals surface area (Å²) in [4.78, 5) is 12.4. The molecule has 0 amide bonds. The predicted octanol–water partition coefficient (Wildman–Crippen LogP) is 3.38. The fourth-order valence-electron chi connectivity index (χ4n) is 2.47. The first kappa shape index (κ1) is 14.9. The number of aromatic hydroxyl groups is 1. The van der Waals surface area contributed by atoms with E-state index >= 15 is 0 Å². The number of phenolic OH excluding ortho intramolecular Hbond substituents is 1. The number of benzene rings is 1. The molecule has 4 nitrogen and oxygen atoms in total. The Hall–Kier alpha value is -1.98. The molecule has 0 saturated carbocycles. The molecule has 0 unspecified atom stereocenters. The third-order valence-corrected chi connectivity index (χ3v) is 4.75. The molecular formula is C17H19N3OS. The summed E-state index contributed by atoms with van der Waals surface area (Å²) < 4.78 is 0. The topological polar surface area (TPSA) is 49.2 Å². The highest BCUT2D eigenvalue weighted by Gasteiger charge is 2.07. The number of phenols is 1. The molecule has 2 heterocycles. The molecule has 5 heteroatoms. The van der Waals surface area contributed by atoms with Gasteiger partial charge in [0.25, 0.3) is 0 Å². The monoisotopic (exact) mass is 313 g/mol. The van der Waals surface area contributed by atoms with Crippen LogP contribution in [0.1, 0.15) is 16.3 Å². The highest BCUT2D eigenvalue weighted by Crippen LogP contribution is 2.22. The van der Waals surface area contributed by atoms with Gasteiger partial charge in [0.1, 0.15) is 11.3 Å². The number of pyridine rings is 1. The third-order valence-electron chi connectivity index (χ3n) is 3.75. The largest absolute Gasteiger partial charge is 0.506 e. The molecule has 0 aliphatic heterocycles. The molecule has 2 aromatic heterocycles. The average Bonchev–Trinajstić information content (AvgIpc) is 2.91.